The van der Waals surface area contributed by atoms with E-state index in [0.29, 0.717) is 12.1 Å². The van der Waals surface area contributed by atoms with Crippen LogP contribution in [0.2, 0.25) is 0 Å². The number of fused-ring (bicyclic) bond motifs is 1. The van der Waals surface area contributed by atoms with E-state index in [2.05, 4.69) is 11.4 Å². The number of carbonyl (C=O) groups is 1. The third kappa shape index (κ3) is 2.38. The second kappa shape index (κ2) is 4.96. The highest BCUT2D eigenvalue weighted by atomic mass is 16.4. The van der Waals surface area contributed by atoms with E-state index in [1.807, 2.05) is 11.0 Å². The largest absolute Gasteiger partial charge is 0.481 e. The molecule has 0 aliphatic carbocycles. The molecule has 0 radical (unpaired) electrons. The molecule has 1 aromatic rings. The van der Waals surface area contributed by atoms with Gasteiger partial charge in [0.05, 0.1) is 28.9 Å². The minimum atomic E-state index is -0.788. The lowest BCUT2D eigenvalue weighted by Gasteiger charge is -2.33. The highest BCUT2D eigenvalue weighted by molar-refractivity contribution is 5.75. The molecule has 94 valence electrons. The first kappa shape index (κ1) is 12.2. The van der Waals surface area contributed by atoms with E-state index in [0.717, 1.165) is 24.5 Å². The molecule has 2 N–H and O–H groups in total. The number of anilines is 2. The van der Waals surface area contributed by atoms with Gasteiger partial charge in [-0.1, -0.05) is 6.92 Å². The van der Waals surface area contributed by atoms with Gasteiger partial charge in [-0.15, -0.1) is 0 Å². The predicted molar refractivity (Wildman–Crippen MR) is 68.7 cm³/mol. The number of carboxylic acid groups (broad SMARTS) is 1. The fourth-order valence-corrected chi connectivity index (χ4v) is 2.07. The molecule has 0 amide bonds. The summed E-state index contributed by atoms with van der Waals surface area (Å²) in [5.74, 6) is -1.20. The van der Waals surface area contributed by atoms with Gasteiger partial charge < -0.3 is 15.3 Å². The molecule has 1 aliphatic heterocycles. The van der Waals surface area contributed by atoms with E-state index in [1.165, 1.54) is 0 Å². The quantitative estimate of drug-likeness (QED) is 0.844. The van der Waals surface area contributed by atoms with Crippen LogP contribution in [0.5, 0.6) is 0 Å². The summed E-state index contributed by atoms with van der Waals surface area (Å²) in [5, 5.41) is 21.0. The fourth-order valence-electron chi connectivity index (χ4n) is 2.07. The summed E-state index contributed by atoms with van der Waals surface area (Å²) >= 11 is 0. The third-order valence-corrected chi connectivity index (χ3v) is 3.08. The summed E-state index contributed by atoms with van der Waals surface area (Å²) in [4.78, 5) is 12.9. The number of hydrogen-bond acceptors (Lipinski definition) is 4. The molecule has 18 heavy (non-hydrogen) atoms. The molecular formula is C13H15N3O2. The van der Waals surface area contributed by atoms with Crippen molar-refractivity contribution < 1.29 is 9.90 Å². The first-order valence-corrected chi connectivity index (χ1v) is 5.87. The monoisotopic (exact) mass is 245 g/mol. The Morgan fingerprint density at radius 3 is 3.11 bits per heavy atom. The SMILES string of the molecule is CC(CN1CCNc2cc(C#N)ccc21)C(=O)O. The molecule has 0 aromatic heterocycles. The first-order chi connectivity index (χ1) is 8.61. The average molecular weight is 245 g/mol. The van der Waals surface area contributed by atoms with Crippen molar-refractivity contribution in [2.45, 2.75) is 6.92 Å². The second-order valence-electron chi connectivity index (χ2n) is 4.46. The molecule has 0 saturated heterocycles. The van der Waals surface area contributed by atoms with Crippen molar-refractivity contribution in [3.63, 3.8) is 0 Å². The predicted octanol–water partition coefficient (Wildman–Crippen LogP) is 1.51. The van der Waals surface area contributed by atoms with Gasteiger partial charge in [-0.05, 0) is 18.2 Å². The number of nitrogens with one attached hydrogen (secondary N) is 1. The van der Waals surface area contributed by atoms with Crippen molar-refractivity contribution in [1.29, 1.82) is 5.26 Å². The maximum Gasteiger partial charge on any atom is 0.308 e. The molecule has 1 aromatic carbocycles. The molecule has 0 saturated carbocycles. The van der Waals surface area contributed by atoms with Crippen molar-refractivity contribution in [1.82, 2.24) is 0 Å². The van der Waals surface area contributed by atoms with Gasteiger partial charge in [0.15, 0.2) is 0 Å². The number of rotatable bonds is 3. The van der Waals surface area contributed by atoms with E-state index < -0.39 is 11.9 Å². The maximum atomic E-state index is 10.9. The molecule has 2 rings (SSSR count). The van der Waals surface area contributed by atoms with Crippen LogP contribution in [0.3, 0.4) is 0 Å². The average Bonchev–Trinajstić information content (AvgIpc) is 2.38. The number of nitriles is 1. The molecule has 0 bridgehead atoms. The molecule has 1 unspecified atom stereocenters. The Hall–Kier alpha value is -2.22. The topological polar surface area (TPSA) is 76.4 Å². The molecule has 5 heteroatoms. The summed E-state index contributed by atoms with van der Waals surface area (Å²) in [6.07, 6.45) is 0. The number of aliphatic carboxylic acids is 1. The van der Waals surface area contributed by atoms with Gasteiger partial charge in [0.2, 0.25) is 0 Å². The van der Waals surface area contributed by atoms with Crippen molar-refractivity contribution in [2.75, 3.05) is 29.9 Å². The van der Waals surface area contributed by atoms with Crippen LogP contribution >= 0.6 is 0 Å². The van der Waals surface area contributed by atoms with E-state index >= 15 is 0 Å². The molecule has 5 nitrogen and oxygen atoms in total. The molecule has 1 heterocycles. The van der Waals surface area contributed by atoms with Crippen molar-refractivity contribution in [2.24, 2.45) is 5.92 Å². The van der Waals surface area contributed by atoms with Crippen LogP contribution in [-0.4, -0.2) is 30.7 Å². The lowest BCUT2D eigenvalue weighted by molar-refractivity contribution is -0.140. The fraction of sp³-hybridized carbons (Fsp3) is 0.385. The molecule has 1 aliphatic rings. The second-order valence-corrected chi connectivity index (χ2v) is 4.46. The molecule has 0 spiro atoms. The van der Waals surface area contributed by atoms with Gasteiger partial charge in [-0.2, -0.15) is 5.26 Å². The van der Waals surface area contributed by atoms with Gasteiger partial charge in [-0.25, -0.2) is 0 Å². The minimum Gasteiger partial charge on any atom is -0.481 e. The van der Waals surface area contributed by atoms with Gasteiger partial charge in [0.1, 0.15) is 0 Å². The summed E-state index contributed by atoms with van der Waals surface area (Å²) in [6.45, 7) is 3.72. The lowest BCUT2D eigenvalue weighted by atomic mass is 10.1. The number of benzene rings is 1. The van der Waals surface area contributed by atoms with E-state index in [4.69, 9.17) is 10.4 Å². The van der Waals surface area contributed by atoms with Crippen LogP contribution in [0.1, 0.15) is 12.5 Å². The van der Waals surface area contributed by atoms with E-state index in [-0.39, 0.29) is 0 Å². The number of hydrogen-bond donors (Lipinski definition) is 2. The van der Waals surface area contributed by atoms with Gasteiger partial charge in [-0.3, -0.25) is 4.79 Å². The van der Waals surface area contributed by atoms with Crippen LogP contribution < -0.4 is 10.2 Å². The van der Waals surface area contributed by atoms with Crippen LogP contribution in [-0.2, 0) is 4.79 Å². The molecule has 0 fully saturated rings. The molecular weight excluding hydrogens is 230 g/mol. The van der Waals surface area contributed by atoms with E-state index in [1.54, 1.807) is 19.1 Å². The van der Waals surface area contributed by atoms with Crippen molar-refractivity contribution in [3.8, 4) is 6.07 Å². The van der Waals surface area contributed by atoms with Gasteiger partial charge in [0, 0.05) is 19.6 Å². The zero-order valence-electron chi connectivity index (χ0n) is 10.2. The standard InChI is InChI=1S/C13H15N3O2/c1-9(13(17)18)8-16-5-4-15-11-6-10(7-14)2-3-12(11)16/h2-3,6,9,15H,4-5,8H2,1H3,(H,17,18). The summed E-state index contributed by atoms with van der Waals surface area (Å²) in [7, 11) is 0. The van der Waals surface area contributed by atoms with Gasteiger partial charge in [0.25, 0.3) is 0 Å². The Morgan fingerprint density at radius 2 is 2.44 bits per heavy atom. The van der Waals surface area contributed by atoms with Crippen LogP contribution in [0.15, 0.2) is 18.2 Å². The Bertz CT molecular complexity index is 507. The van der Waals surface area contributed by atoms with Crippen molar-refractivity contribution in [3.05, 3.63) is 23.8 Å². The molecule has 1 atom stereocenters. The maximum absolute atomic E-state index is 10.9. The zero-order valence-corrected chi connectivity index (χ0v) is 10.2. The first-order valence-electron chi connectivity index (χ1n) is 5.87. The Balaban J connectivity index is 2.23. The highest BCUT2D eigenvalue weighted by Crippen LogP contribution is 2.30. The third-order valence-electron chi connectivity index (χ3n) is 3.08. The van der Waals surface area contributed by atoms with Crippen LogP contribution in [0.4, 0.5) is 11.4 Å². The Labute approximate surface area is 106 Å². The van der Waals surface area contributed by atoms with Crippen molar-refractivity contribution >= 4 is 17.3 Å². The van der Waals surface area contributed by atoms with Gasteiger partial charge >= 0.3 is 5.97 Å². The normalized spacial score (nSPS) is 15.2. The van der Waals surface area contributed by atoms with E-state index in [9.17, 15) is 4.79 Å². The number of nitrogens with zero attached hydrogens (tertiary/aromatic N) is 2. The smallest absolute Gasteiger partial charge is 0.308 e. The van der Waals surface area contributed by atoms with Crippen LogP contribution in [0.25, 0.3) is 0 Å². The highest BCUT2D eigenvalue weighted by Gasteiger charge is 2.21. The Kier molecular flexibility index (Phi) is 3.38. The lowest BCUT2D eigenvalue weighted by Crippen LogP contribution is -2.38. The summed E-state index contributed by atoms with van der Waals surface area (Å²) in [6, 6.07) is 7.52. The zero-order chi connectivity index (χ0) is 13.1. The summed E-state index contributed by atoms with van der Waals surface area (Å²) < 4.78 is 0. The van der Waals surface area contributed by atoms with Crippen LogP contribution in [0, 0.1) is 17.2 Å². The summed E-state index contributed by atoms with van der Waals surface area (Å²) in [5.41, 5.74) is 2.47. The Morgan fingerprint density at radius 1 is 1.67 bits per heavy atom. The number of carboxylic acids is 1. The minimum absolute atomic E-state index is 0.411.